The van der Waals surface area contributed by atoms with Crippen molar-refractivity contribution >= 4 is 5.97 Å². The van der Waals surface area contributed by atoms with E-state index in [1.807, 2.05) is 0 Å². The van der Waals surface area contributed by atoms with Gasteiger partial charge in [0.25, 0.3) is 0 Å². The molecule has 1 heterocycles. The minimum absolute atomic E-state index is 0.0195. The highest BCUT2D eigenvalue weighted by Crippen LogP contribution is 2.20. The molecule has 0 aromatic rings. The molecule has 0 amide bonds. The fourth-order valence-electron chi connectivity index (χ4n) is 1.23. The van der Waals surface area contributed by atoms with Crippen LogP contribution in [0.5, 0.6) is 0 Å². The van der Waals surface area contributed by atoms with Crippen molar-refractivity contribution in [2.75, 3.05) is 6.61 Å². The third-order valence-electron chi connectivity index (χ3n) is 2.20. The molecule has 1 aliphatic rings. The minimum Gasteiger partial charge on any atom is -0.462 e. The van der Waals surface area contributed by atoms with Gasteiger partial charge in [-0.25, -0.2) is 0 Å². The molecule has 0 aliphatic carbocycles. The van der Waals surface area contributed by atoms with Gasteiger partial charge in [0.15, 0.2) is 6.29 Å². The maximum Gasteiger partial charge on any atom is 0.311 e. The summed E-state index contributed by atoms with van der Waals surface area (Å²) in [5.41, 5.74) is -0.567. The Balaban J connectivity index is 2.35. The van der Waals surface area contributed by atoms with Gasteiger partial charge in [0.2, 0.25) is 0 Å². The van der Waals surface area contributed by atoms with Gasteiger partial charge < -0.3 is 19.7 Å². The predicted molar refractivity (Wildman–Crippen MR) is 51.9 cm³/mol. The Morgan fingerprint density at radius 1 is 1.47 bits per heavy atom. The minimum atomic E-state index is -0.960. The first kappa shape index (κ1) is 12.4. The molecule has 1 aliphatic heterocycles. The second-order valence-electron chi connectivity index (χ2n) is 4.78. The molecule has 1 rings (SSSR count). The smallest absolute Gasteiger partial charge is 0.311 e. The van der Waals surface area contributed by atoms with Crippen molar-refractivity contribution < 1.29 is 24.5 Å². The van der Waals surface area contributed by atoms with Crippen LogP contribution in [0, 0.1) is 5.41 Å². The largest absolute Gasteiger partial charge is 0.462 e. The molecule has 2 N–H and O–H groups in total. The van der Waals surface area contributed by atoms with Crippen LogP contribution in [0.15, 0.2) is 0 Å². The van der Waals surface area contributed by atoms with E-state index in [4.69, 9.17) is 14.6 Å². The van der Waals surface area contributed by atoms with Crippen LogP contribution in [-0.4, -0.2) is 41.3 Å². The van der Waals surface area contributed by atoms with Crippen molar-refractivity contribution in [3.05, 3.63) is 0 Å². The summed E-state index contributed by atoms with van der Waals surface area (Å²) in [4.78, 5) is 11.4. The molecular formula is C10H18O5. The van der Waals surface area contributed by atoms with Crippen molar-refractivity contribution in [2.24, 2.45) is 5.41 Å². The van der Waals surface area contributed by atoms with Crippen molar-refractivity contribution in [3.8, 4) is 0 Å². The van der Waals surface area contributed by atoms with Gasteiger partial charge in [-0.05, 0) is 20.8 Å². The number of hydrogen-bond donors (Lipinski definition) is 2. The van der Waals surface area contributed by atoms with Gasteiger partial charge in [0.1, 0.15) is 12.7 Å². The zero-order valence-electron chi connectivity index (χ0n) is 9.27. The first-order valence-electron chi connectivity index (χ1n) is 4.99. The highest BCUT2D eigenvalue weighted by Gasteiger charge is 2.34. The van der Waals surface area contributed by atoms with E-state index in [1.54, 1.807) is 20.8 Å². The van der Waals surface area contributed by atoms with E-state index >= 15 is 0 Å². The third-order valence-corrected chi connectivity index (χ3v) is 2.20. The predicted octanol–water partition coefficient (Wildman–Crippen LogP) is 0.0439. The number of aliphatic hydroxyl groups excluding tert-OH is 2. The Labute approximate surface area is 89.0 Å². The maximum absolute atomic E-state index is 11.4. The molecule has 1 saturated heterocycles. The Morgan fingerprint density at radius 2 is 2.07 bits per heavy atom. The van der Waals surface area contributed by atoms with Crippen LogP contribution in [0.1, 0.15) is 27.2 Å². The maximum atomic E-state index is 11.4. The summed E-state index contributed by atoms with van der Waals surface area (Å²) in [5.74, 6) is -0.348. The summed E-state index contributed by atoms with van der Waals surface area (Å²) in [6.07, 6.45) is -2.19. The monoisotopic (exact) mass is 218 g/mol. The van der Waals surface area contributed by atoms with Crippen molar-refractivity contribution in [1.29, 1.82) is 0 Å². The molecular weight excluding hydrogens is 200 g/mol. The standard InChI is InChI=1S/C10H18O5/c1-10(2,3)9(13)14-5-7-6(11)4-8(12)15-7/h6-8,11-12H,4-5H2,1-3H3/t6-,7+,8-/m0/s1. The van der Waals surface area contributed by atoms with Gasteiger partial charge in [-0.2, -0.15) is 0 Å². The van der Waals surface area contributed by atoms with Crippen LogP contribution in [0.3, 0.4) is 0 Å². The Morgan fingerprint density at radius 3 is 2.47 bits per heavy atom. The lowest BCUT2D eigenvalue weighted by atomic mass is 9.97. The summed E-state index contributed by atoms with van der Waals surface area (Å²) in [5, 5.41) is 18.5. The van der Waals surface area contributed by atoms with Crippen LogP contribution in [-0.2, 0) is 14.3 Å². The summed E-state index contributed by atoms with van der Waals surface area (Å²) in [6, 6.07) is 0. The van der Waals surface area contributed by atoms with E-state index in [0.29, 0.717) is 0 Å². The van der Waals surface area contributed by atoms with Gasteiger partial charge in [-0.15, -0.1) is 0 Å². The quantitative estimate of drug-likeness (QED) is 0.640. The molecule has 5 nitrogen and oxygen atoms in total. The zero-order valence-corrected chi connectivity index (χ0v) is 9.27. The van der Waals surface area contributed by atoms with Crippen LogP contribution >= 0.6 is 0 Å². The molecule has 1 fully saturated rings. The van der Waals surface area contributed by atoms with E-state index < -0.39 is 23.9 Å². The molecule has 0 aromatic carbocycles. The lowest BCUT2D eigenvalue weighted by Gasteiger charge is -2.19. The fourth-order valence-corrected chi connectivity index (χ4v) is 1.23. The molecule has 15 heavy (non-hydrogen) atoms. The van der Waals surface area contributed by atoms with Gasteiger partial charge in [0.05, 0.1) is 11.5 Å². The second-order valence-corrected chi connectivity index (χ2v) is 4.78. The van der Waals surface area contributed by atoms with Crippen LogP contribution in [0.25, 0.3) is 0 Å². The van der Waals surface area contributed by atoms with Crippen molar-refractivity contribution in [3.63, 3.8) is 0 Å². The molecule has 0 saturated carbocycles. The second kappa shape index (κ2) is 4.47. The Kier molecular flexibility index (Phi) is 3.70. The number of hydrogen-bond acceptors (Lipinski definition) is 5. The highest BCUT2D eigenvalue weighted by atomic mass is 16.6. The Hall–Kier alpha value is -0.650. The molecule has 0 aromatic heterocycles. The van der Waals surface area contributed by atoms with E-state index in [-0.39, 0.29) is 19.0 Å². The lowest BCUT2D eigenvalue weighted by molar-refractivity contribution is -0.163. The Bertz CT molecular complexity index is 232. The zero-order chi connectivity index (χ0) is 11.6. The number of rotatable bonds is 2. The molecule has 5 heteroatoms. The van der Waals surface area contributed by atoms with E-state index in [1.165, 1.54) is 0 Å². The summed E-state index contributed by atoms with van der Waals surface area (Å²) < 4.78 is 9.94. The average molecular weight is 218 g/mol. The normalized spacial score (nSPS) is 31.7. The van der Waals surface area contributed by atoms with Gasteiger partial charge >= 0.3 is 5.97 Å². The van der Waals surface area contributed by atoms with Gasteiger partial charge in [-0.3, -0.25) is 4.79 Å². The average Bonchev–Trinajstić information content (AvgIpc) is 2.39. The first-order valence-corrected chi connectivity index (χ1v) is 4.99. The summed E-state index contributed by atoms with van der Waals surface area (Å²) in [7, 11) is 0. The third kappa shape index (κ3) is 3.44. The van der Waals surface area contributed by atoms with Gasteiger partial charge in [0, 0.05) is 6.42 Å². The number of aliphatic hydroxyl groups is 2. The molecule has 0 spiro atoms. The number of carbonyl (C=O) groups is 1. The number of esters is 1. The highest BCUT2D eigenvalue weighted by molar-refractivity contribution is 5.75. The van der Waals surface area contributed by atoms with Crippen molar-refractivity contribution in [1.82, 2.24) is 0 Å². The molecule has 88 valence electrons. The van der Waals surface area contributed by atoms with Crippen molar-refractivity contribution in [2.45, 2.75) is 45.7 Å². The van der Waals surface area contributed by atoms with E-state index in [2.05, 4.69) is 0 Å². The lowest BCUT2D eigenvalue weighted by Crippen LogP contribution is -2.31. The number of carbonyl (C=O) groups excluding carboxylic acids is 1. The SMILES string of the molecule is CC(C)(C)C(=O)OC[C@H]1O[C@H](O)C[C@@H]1O. The molecule has 0 bridgehead atoms. The molecule has 0 radical (unpaired) electrons. The summed E-state index contributed by atoms with van der Waals surface area (Å²) >= 11 is 0. The molecule has 0 unspecified atom stereocenters. The first-order chi connectivity index (χ1) is 6.80. The van der Waals surface area contributed by atoms with Gasteiger partial charge in [-0.1, -0.05) is 0 Å². The topological polar surface area (TPSA) is 76.0 Å². The van der Waals surface area contributed by atoms with E-state index in [9.17, 15) is 9.90 Å². The van der Waals surface area contributed by atoms with Crippen LogP contribution in [0.2, 0.25) is 0 Å². The van der Waals surface area contributed by atoms with Crippen LogP contribution < -0.4 is 0 Å². The van der Waals surface area contributed by atoms with Crippen LogP contribution in [0.4, 0.5) is 0 Å². The summed E-state index contributed by atoms with van der Waals surface area (Å²) in [6.45, 7) is 5.22. The van der Waals surface area contributed by atoms with E-state index in [0.717, 1.165) is 0 Å². The fraction of sp³-hybridized carbons (Fsp3) is 0.900. The molecule has 3 atom stereocenters. The number of ether oxygens (including phenoxy) is 2.